The SMILES string of the molecule is CN1C(=O)[C@H](CC(=O)Nc2ccc(C(=O)O)cc2)SC1=Nc1ccc(I)cc1. The Morgan fingerprint density at radius 1 is 1.18 bits per heavy atom. The van der Waals surface area contributed by atoms with Crippen LogP contribution in [-0.4, -0.2) is 45.3 Å². The molecule has 0 aromatic heterocycles. The summed E-state index contributed by atoms with van der Waals surface area (Å²) in [7, 11) is 1.64. The van der Waals surface area contributed by atoms with E-state index < -0.39 is 11.2 Å². The molecule has 0 spiro atoms. The van der Waals surface area contributed by atoms with Gasteiger partial charge in [-0.3, -0.25) is 14.5 Å². The third-order valence-electron chi connectivity index (χ3n) is 3.98. The molecule has 2 N–H and O–H groups in total. The van der Waals surface area contributed by atoms with E-state index in [4.69, 9.17) is 5.11 Å². The maximum Gasteiger partial charge on any atom is 0.335 e. The number of benzene rings is 2. The number of nitrogens with zero attached hydrogens (tertiary/aromatic N) is 2. The van der Waals surface area contributed by atoms with Crippen molar-refractivity contribution in [1.29, 1.82) is 0 Å². The van der Waals surface area contributed by atoms with Gasteiger partial charge < -0.3 is 10.4 Å². The molecule has 1 aliphatic heterocycles. The van der Waals surface area contributed by atoms with E-state index in [2.05, 4.69) is 32.9 Å². The Labute approximate surface area is 179 Å². The highest BCUT2D eigenvalue weighted by atomic mass is 127. The summed E-state index contributed by atoms with van der Waals surface area (Å²) < 4.78 is 1.09. The quantitative estimate of drug-likeness (QED) is 0.601. The van der Waals surface area contributed by atoms with Gasteiger partial charge >= 0.3 is 5.97 Å². The molecule has 7 nitrogen and oxygen atoms in total. The second-order valence-corrected chi connectivity index (χ2v) is 8.42. The van der Waals surface area contributed by atoms with Gasteiger partial charge in [0.1, 0.15) is 5.25 Å². The van der Waals surface area contributed by atoms with E-state index in [1.807, 2.05) is 24.3 Å². The maximum atomic E-state index is 12.4. The van der Waals surface area contributed by atoms with Gasteiger partial charge in [-0.2, -0.15) is 0 Å². The molecule has 1 heterocycles. The molecule has 28 heavy (non-hydrogen) atoms. The second kappa shape index (κ2) is 8.74. The summed E-state index contributed by atoms with van der Waals surface area (Å²) in [5.41, 5.74) is 1.36. The molecule has 144 valence electrons. The molecule has 1 atom stereocenters. The van der Waals surface area contributed by atoms with E-state index in [0.717, 1.165) is 9.26 Å². The zero-order chi connectivity index (χ0) is 20.3. The van der Waals surface area contributed by atoms with E-state index in [1.54, 1.807) is 7.05 Å². The van der Waals surface area contributed by atoms with Gasteiger partial charge in [-0.25, -0.2) is 9.79 Å². The Balaban J connectivity index is 1.63. The van der Waals surface area contributed by atoms with Crippen molar-refractivity contribution < 1.29 is 19.5 Å². The van der Waals surface area contributed by atoms with Gasteiger partial charge in [0.05, 0.1) is 11.3 Å². The number of rotatable bonds is 5. The minimum atomic E-state index is -1.03. The van der Waals surface area contributed by atoms with Crippen molar-refractivity contribution in [3.63, 3.8) is 0 Å². The fraction of sp³-hybridized carbons (Fsp3) is 0.158. The first-order chi connectivity index (χ1) is 13.3. The Bertz CT molecular complexity index is 945. The van der Waals surface area contributed by atoms with Crippen molar-refractivity contribution >= 4 is 68.7 Å². The lowest BCUT2D eigenvalue weighted by molar-refractivity contribution is -0.127. The van der Waals surface area contributed by atoms with Crippen molar-refractivity contribution in [3.8, 4) is 0 Å². The van der Waals surface area contributed by atoms with Gasteiger partial charge in [-0.15, -0.1) is 0 Å². The van der Waals surface area contributed by atoms with E-state index in [1.165, 1.54) is 40.9 Å². The van der Waals surface area contributed by atoms with E-state index in [-0.39, 0.29) is 23.8 Å². The number of aromatic carboxylic acids is 1. The van der Waals surface area contributed by atoms with Gasteiger partial charge in [0.25, 0.3) is 0 Å². The highest BCUT2D eigenvalue weighted by Crippen LogP contribution is 2.31. The van der Waals surface area contributed by atoms with Crippen LogP contribution in [0.25, 0.3) is 0 Å². The predicted octanol–water partition coefficient (Wildman–Crippen LogP) is 3.58. The lowest BCUT2D eigenvalue weighted by Crippen LogP contribution is -2.30. The van der Waals surface area contributed by atoms with Crippen LogP contribution in [0.1, 0.15) is 16.8 Å². The first-order valence-electron chi connectivity index (χ1n) is 8.25. The van der Waals surface area contributed by atoms with Crippen LogP contribution >= 0.6 is 34.4 Å². The Morgan fingerprint density at radius 3 is 2.43 bits per heavy atom. The molecule has 2 aromatic rings. The topological polar surface area (TPSA) is 99.1 Å². The summed E-state index contributed by atoms with van der Waals surface area (Å²) in [6.45, 7) is 0. The molecule has 0 radical (unpaired) electrons. The molecule has 1 saturated heterocycles. The first kappa shape index (κ1) is 20.3. The smallest absolute Gasteiger partial charge is 0.335 e. The standard InChI is InChI=1S/C19H16IN3O4S/c1-23-17(25)15(28-19(23)22-14-8-4-12(20)5-9-14)10-16(24)21-13-6-2-11(3-7-13)18(26)27/h2-9,15H,10H2,1H3,(H,21,24)(H,26,27)/t15-/m0/s1. The molecule has 0 unspecified atom stereocenters. The summed E-state index contributed by atoms with van der Waals surface area (Å²) in [5.74, 6) is -1.53. The van der Waals surface area contributed by atoms with Gasteiger partial charge in [-0.05, 0) is 71.1 Å². The van der Waals surface area contributed by atoms with Crippen molar-refractivity contribution in [3.05, 3.63) is 57.7 Å². The summed E-state index contributed by atoms with van der Waals surface area (Å²) >= 11 is 3.46. The van der Waals surface area contributed by atoms with Crippen molar-refractivity contribution in [2.45, 2.75) is 11.7 Å². The Kier molecular flexibility index (Phi) is 6.35. The number of amides is 2. The minimum absolute atomic E-state index is 0.000228. The zero-order valence-corrected chi connectivity index (χ0v) is 17.7. The lowest BCUT2D eigenvalue weighted by Gasteiger charge is -2.09. The number of halogens is 1. The van der Waals surface area contributed by atoms with Crippen LogP contribution < -0.4 is 5.32 Å². The van der Waals surface area contributed by atoms with Crippen LogP contribution in [0.3, 0.4) is 0 Å². The van der Waals surface area contributed by atoms with Crippen LogP contribution in [0.2, 0.25) is 0 Å². The number of anilines is 1. The molecule has 0 aliphatic carbocycles. The van der Waals surface area contributed by atoms with Crippen molar-refractivity contribution in [1.82, 2.24) is 4.90 Å². The summed E-state index contributed by atoms with van der Waals surface area (Å²) in [6, 6.07) is 13.5. The number of carbonyl (C=O) groups excluding carboxylic acids is 2. The monoisotopic (exact) mass is 509 g/mol. The maximum absolute atomic E-state index is 12.4. The normalized spacial score (nSPS) is 17.8. The van der Waals surface area contributed by atoms with Crippen molar-refractivity contribution in [2.24, 2.45) is 4.99 Å². The number of hydrogen-bond donors (Lipinski definition) is 2. The third kappa shape index (κ3) is 4.90. The fourth-order valence-electron chi connectivity index (χ4n) is 2.50. The molecular weight excluding hydrogens is 493 g/mol. The van der Waals surface area contributed by atoms with Crippen LogP contribution in [0.4, 0.5) is 11.4 Å². The third-order valence-corrected chi connectivity index (χ3v) is 5.93. The number of carboxylic acid groups (broad SMARTS) is 1. The van der Waals surface area contributed by atoms with Crippen LogP contribution in [0.5, 0.6) is 0 Å². The minimum Gasteiger partial charge on any atom is -0.478 e. The zero-order valence-electron chi connectivity index (χ0n) is 14.8. The molecule has 1 aliphatic rings. The summed E-state index contributed by atoms with van der Waals surface area (Å²) in [5, 5.41) is 11.6. The Hall–Kier alpha value is -2.40. The largest absolute Gasteiger partial charge is 0.478 e. The number of thioether (sulfide) groups is 1. The van der Waals surface area contributed by atoms with Gasteiger partial charge in [0.15, 0.2) is 5.17 Å². The number of nitrogens with one attached hydrogen (secondary N) is 1. The number of aliphatic imine (C=N–C) groups is 1. The highest BCUT2D eigenvalue weighted by molar-refractivity contribution is 14.1. The average Bonchev–Trinajstić information content (AvgIpc) is 2.92. The number of carbonyl (C=O) groups is 3. The van der Waals surface area contributed by atoms with E-state index in [0.29, 0.717) is 10.9 Å². The summed E-state index contributed by atoms with van der Waals surface area (Å²) in [4.78, 5) is 41.6. The lowest BCUT2D eigenvalue weighted by atomic mass is 10.2. The number of amidine groups is 1. The van der Waals surface area contributed by atoms with Crippen LogP contribution in [0, 0.1) is 3.57 Å². The van der Waals surface area contributed by atoms with Gasteiger partial charge in [-0.1, -0.05) is 11.8 Å². The average molecular weight is 509 g/mol. The number of carboxylic acids is 1. The van der Waals surface area contributed by atoms with E-state index >= 15 is 0 Å². The molecule has 0 saturated carbocycles. The number of hydrogen-bond acceptors (Lipinski definition) is 5. The van der Waals surface area contributed by atoms with E-state index in [9.17, 15) is 14.4 Å². The molecular formula is C19H16IN3O4S. The first-order valence-corrected chi connectivity index (χ1v) is 10.2. The predicted molar refractivity (Wildman–Crippen MR) is 117 cm³/mol. The molecule has 1 fully saturated rings. The fourth-order valence-corrected chi connectivity index (χ4v) is 4.01. The van der Waals surface area contributed by atoms with Crippen molar-refractivity contribution in [2.75, 3.05) is 12.4 Å². The molecule has 0 bridgehead atoms. The second-order valence-electron chi connectivity index (χ2n) is 6.01. The molecule has 2 amide bonds. The van der Waals surface area contributed by atoms with Crippen LogP contribution in [-0.2, 0) is 9.59 Å². The van der Waals surface area contributed by atoms with Gasteiger partial charge in [0.2, 0.25) is 11.8 Å². The Morgan fingerprint density at radius 2 is 1.82 bits per heavy atom. The highest BCUT2D eigenvalue weighted by Gasteiger charge is 2.37. The molecule has 3 rings (SSSR count). The molecule has 9 heteroatoms. The van der Waals surface area contributed by atoms with Crippen LogP contribution in [0.15, 0.2) is 53.5 Å². The van der Waals surface area contributed by atoms with Gasteiger partial charge in [0, 0.05) is 22.7 Å². The summed E-state index contributed by atoms with van der Waals surface area (Å²) in [6.07, 6.45) is 0.000228. The molecule has 2 aromatic carbocycles.